The zero-order valence-electron chi connectivity index (χ0n) is 14.5. The number of carboxylic acid groups (broad SMARTS) is 1. The Morgan fingerprint density at radius 2 is 1.96 bits per heavy atom. The Bertz CT molecular complexity index is 664. The topological polar surface area (TPSA) is 138 Å². The third kappa shape index (κ3) is 4.51. The number of allylic oxidation sites excluding steroid dienone is 1. The fraction of sp³-hybridized carbons (Fsp3) is 0.471. The molecule has 2 rings (SSSR count). The van der Waals surface area contributed by atoms with Crippen LogP contribution in [-0.4, -0.2) is 64.2 Å². The summed E-state index contributed by atoms with van der Waals surface area (Å²) in [4.78, 5) is 11.2. The summed E-state index contributed by atoms with van der Waals surface area (Å²) >= 11 is 0. The number of aliphatic hydroxyl groups is 3. The number of nitrogens with one attached hydrogen (secondary N) is 1. The van der Waals surface area contributed by atoms with E-state index in [1.54, 1.807) is 32.2 Å². The van der Waals surface area contributed by atoms with E-state index in [9.17, 15) is 20.1 Å². The predicted octanol–water partition coefficient (Wildman–Crippen LogP) is 0.0495. The second-order valence-electron chi connectivity index (χ2n) is 6.02. The molecule has 1 heterocycles. The van der Waals surface area contributed by atoms with Gasteiger partial charge in [-0.25, -0.2) is 4.79 Å². The summed E-state index contributed by atoms with van der Waals surface area (Å²) in [6, 6.07) is 5.04. The minimum atomic E-state index is -1.78. The Kier molecular flexibility index (Phi) is 6.57. The number of anilines is 1. The SMILES string of the molecule is C=C(C)Nc1cc(COC)ccc1OC1OC(C(=O)O)C(O)C(O)C1O. The molecule has 1 fully saturated rings. The summed E-state index contributed by atoms with van der Waals surface area (Å²) in [6.07, 6.45) is -8.38. The molecule has 1 aliphatic heterocycles. The molecule has 0 saturated carbocycles. The highest BCUT2D eigenvalue weighted by Crippen LogP contribution is 2.31. The number of benzene rings is 1. The van der Waals surface area contributed by atoms with E-state index >= 15 is 0 Å². The molecule has 0 amide bonds. The van der Waals surface area contributed by atoms with E-state index in [1.165, 1.54) is 0 Å². The minimum absolute atomic E-state index is 0.240. The van der Waals surface area contributed by atoms with Crippen molar-refractivity contribution in [2.24, 2.45) is 0 Å². The van der Waals surface area contributed by atoms with Gasteiger partial charge in [-0.3, -0.25) is 0 Å². The summed E-state index contributed by atoms with van der Waals surface area (Å²) in [5, 5.41) is 41.7. The Labute approximate surface area is 150 Å². The van der Waals surface area contributed by atoms with E-state index in [2.05, 4.69) is 11.9 Å². The number of aliphatic carboxylic acids is 1. The first-order valence-electron chi connectivity index (χ1n) is 7.88. The summed E-state index contributed by atoms with van der Waals surface area (Å²) in [5.41, 5.74) is 1.95. The lowest BCUT2D eigenvalue weighted by Gasteiger charge is -2.38. The largest absolute Gasteiger partial charge is 0.479 e. The van der Waals surface area contributed by atoms with Crippen molar-refractivity contribution in [2.45, 2.75) is 44.2 Å². The third-order valence-corrected chi connectivity index (χ3v) is 3.76. The Hall–Kier alpha value is -2.17. The van der Waals surface area contributed by atoms with Crippen LogP contribution in [0.25, 0.3) is 0 Å². The summed E-state index contributed by atoms with van der Waals surface area (Å²) < 4.78 is 15.8. The molecule has 1 aromatic rings. The van der Waals surface area contributed by atoms with Crippen LogP contribution < -0.4 is 10.1 Å². The summed E-state index contributed by atoms with van der Waals surface area (Å²) in [7, 11) is 1.56. The highest BCUT2D eigenvalue weighted by atomic mass is 16.7. The molecular formula is C17H23NO8. The molecule has 9 nitrogen and oxygen atoms in total. The van der Waals surface area contributed by atoms with Gasteiger partial charge in [0.05, 0.1) is 12.3 Å². The molecule has 0 aromatic heterocycles. The van der Waals surface area contributed by atoms with Gasteiger partial charge in [0, 0.05) is 12.8 Å². The monoisotopic (exact) mass is 369 g/mol. The normalized spacial score (nSPS) is 28.4. The van der Waals surface area contributed by atoms with Crippen LogP contribution in [0.5, 0.6) is 5.75 Å². The molecule has 26 heavy (non-hydrogen) atoms. The van der Waals surface area contributed by atoms with Crippen LogP contribution in [0.3, 0.4) is 0 Å². The van der Waals surface area contributed by atoms with Gasteiger partial charge in [0.25, 0.3) is 0 Å². The average Bonchev–Trinajstić information content (AvgIpc) is 2.56. The van der Waals surface area contributed by atoms with Gasteiger partial charge in [-0.1, -0.05) is 12.6 Å². The van der Waals surface area contributed by atoms with Crippen molar-refractivity contribution in [3.8, 4) is 5.75 Å². The predicted molar refractivity (Wildman–Crippen MR) is 90.5 cm³/mol. The van der Waals surface area contributed by atoms with Crippen molar-refractivity contribution in [1.82, 2.24) is 0 Å². The summed E-state index contributed by atoms with van der Waals surface area (Å²) in [5.74, 6) is -1.24. The maximum atomic E-state index is 11.2. The van der Waals surface area contributed by atoms with Crippen LogP contribution in [-0.2, 0) is 20.9 Å². The first-order chi connectivity index (χ1) is 12.2. The molecular weight excluding hydrogens is 346 g/mol. The fourth-order valence-corrected chi connectivity index (χ4v) is 2.54. The van der Waals surface area contributed by atoms with Gasteiger partial charge in [0.15, 0.2) is 6.10 Å². The second kappa shape index (κ2) is 8.47. The van der Waals surface area contributed by atoms with E-state index in [1.807, 2.05) is 0 Å². The fourth-order valence-electron chi connectivity index (χ4n) is 2.54. The number of carboxylic acids is 1. The third-order valence-electron chi connectivity index (χ3n) is 3.76. The molecule has 144 valence electrons. The molecule has 5 atom stereocenters. The van der Waals surface area contributed by atoms with Crippen molar-refractivity contribution in [3.05, 3.63) is 36.0 Å². The van der Waals surface area contributed by atoms with Crippen LogP contribution in [0.2, 0.25) is 0 Å². The van der Waals surface area contributed by atoms with Crippen molar-refractivity contribution >= 4 is 11.7 Å². The van der Waals surface area contributed by atoms with E-state index < -0.39 is 36.7 Å². The zero-order chi connectivity index (χ0) is 19.4. The molecule has 5 unspecified atom stereocenters. The minimum Gasteiger partial charge on any atom is -0.479 e. The first kappa shape index (κ1) is 20.1. The van der Waals surface area contributed by atoms with Gasteiger partial charge in [-0.05, 0) is 24.6 Å². The van der Waals surface area contributed by atoms with Crippen molar-refractivity contribution < 1.29 is 39.4 Å². The maximum Gasteiger partial charge on any atom is 0.335 e. The van der Waals surface area contributed by atoms with Gasteiger partial charge in [0.1, 0.15) is 24.1 Å². The number of hydrogen-bond acceptors (Lipinski definition) is 8. The second-order valence-corrected chi connectivity index (χ2v) is 6.02. The molecule has 5 N–H and O–H groups in total. The highest BCUT2D eigenvalue weighted by Gasteiger charge is 2.48. The van der Waals surface area contributed by atoms with Crippen LogP contribution in [0.4, 0.5) is 5.69 Å². The Balaban J connectivity index is 2.27. The van der Waals surface area contributed by atoms with Crippen LogP contribution in [0, 0.1) is 0 Å². The molecule has 1 aromatic carbocycles. The van der Waals surface area contributed by atoms with E-state index in [-0.39, 0.29) is 5.75 Å². The first-order valence-corrected chi connectivity index (χ1v) is 7.88. The number of methoxy groups -OCH3 is 1. The van der Waals surface area contributed by atoms with Crippen molar-refractivity contribution in [2.75, 3.05) is 12.4 Å². The number of aliphatic hydroxyl groups excluding tert-OH is 3. The van der Waals surface area contributed by atoms with Crippen molar-refractivity contribution in [3.63, 3.8) is 0 Å². The summed E-state index contributed by atoms with van der Waals surface area (Å²) in [6.45, 7) is 5.85. The lowest BCUT2D eigenvalue weighted by Crippen LogP contribution is -2.61. The standard InChI is InChI=1S/C17H23NO8/c1-8(2)18-10-6-9(7-24-3)4-5-11(10)25-17-14(21)12(19)13(20)15(26-17)16(22)23/h4-6,12-15,17-21H,1,7H2,2-3H3,(H,22,23). The lowest BCUT2D eigenvalue weighted by molar-refractivity contribution is -0.271. The maximum absolute atomic E-state index is 11.2. The number of ether oxygens (including phenoxy) is 3. The quantitative estimate of drug-likeness (QED) is 0.451. The van der Waals surface area contributed by atoms with Gasteiger partial charge >= 0.3 is 5.97 Å². The Morgan fingerprint density at radius 1 is 1.27 bits per heavy atom. The Morgan fingerprint density at radius 3 is 2.54 bits per heavy atom. The van der Waals surface area contributed by atoms with Crippen LogP contribution >= 0.6 is 0 Å². The number of hydrogen-bond donors (Lipinski definition) is 5. The molecule has 9 heteroatoms. The smallest absolute Gasteiger partial charge is 0.335 e. The van der Waals surface area contributed by atoms with Gasteiger partial charge < -0.3 is 40.0 Å². The van der Waals surface area contributed by atoms with E-state index in [4.69, 9.17) is 19.3 Å². The highest BCUT2D eigenvalue weighted by molar-refractivity contribution is 5.73. The van der Waals surface area contributed by atoms with Gasteiger partial charge in [-0.15, -0.1) is 0 Å². The van der Waals surface area contributed by atoms with E-state index in [0.717, 1.165) is 5.56 Å². The molecule has 1 aliphatic rings. The molecule has 0 radical (unpaired) electrons. The lowest BCUT2D eigenvalue weighted by atomic mass is 9.99. The molecule has 0 bridgehead atoms. The zero-order valence-corrected chi connectivity index (χ0v) is 14.5. The molecule has 0 spiro atoms. The van der Waals surface area contributed by atoms with Crippen molar-refractivity contribution in [1.29, 1.82) is 0 Å². The van der Waals surface area contributed by atoms with Gasteiger partial charge in [0.2, 0.25) is 6.29 Å². The number of carbonyl (C=O) groups is 1. The van der Waals surface area contributed by atoms with E-state index in [0.29, 0.717) is 18.0 Å². The van der Waals surface area contributed by atoms with Gasteiger partial charge in [-0.2, -0.15) is 0 Å². The van der Waals surface area contributed by atoms with Crippen LogP contribution in [0.1, 0.15) is 12.5 Å². The average molecular weight is 369 g/mol. The molecule has 1 saturated heterocycles. The molecule has 0 aliphatic carbocycles. The number of rotatable bonds is 7. The van der Waals surface area contributed by atoms with Crippen LogP contribution in [0.15, 0.2) is 30.5 Å².